The van der Waals surface area contributed by atoms with E-state index in [1.165, 1.54) is 0 Å². The standard InChI is InChI=1S/C9H14N2O/c1-6(2)9-8(5-12)11(4)7(3)10-9/h5-6H,1-4H3. The molecule has 0 aliphatic rings. The normalized spacial score (nSPS) is 10.8. The number of rotatable bonds is 2. The molecule has 0 fully saturated rings. The van der Waals surface area contributed by atoms with E-state index in [2.05, 4.69) is 4.98 Å². The molecule has 3 nitrogen and oxygen atoms in total. The van der Waals surface area contributed by atoms with Gasteiger partial charge in [0.15, 0.2) is 6.29 Å². The number of aldehydes is 1. The van der Waals surface area contributed by atoms with Crippen LogP contribution in [-0.4, -0.2) is 15.8 Å². The molecule has 0 aromatic carbocycles. The van der Waals surface area contributed by atoms with Crippen LogP contribution in [0.5, 0.6) is 0 Å². The Kier molecular flexibility index (Phi) is 2.31. The van der Waals surface area contributed by atoms with Gasteiger partial charge in [-0.15, -0.1) is 0 Å². The Morgan fingerprint density at radius 1 is 1.50 bits per heavy atom. The molecular weight excluding hydrogens is 152 g/mol. The Balaban J connectivity index is 3.29. The summed E-state index contributed by atoms with van der Waals surface area (Å²) in [5, 5.41) is 0. The van der Waals surface area contributed by atoms with Crippen LogP contribution in [0, 0.1) is 6.92 Å². The van der Waals surface area contributed by atoms with Crippen molar-refractivity contribution in [1.29, 1.82) is 0 Å². The van der Waals surface area contributed by atoms with Crippen LogP contribution < -0.4 is 0 Å². The average molecular weight is 166 g/mol. The smallest absolute Gasteiger partial charge is 0.168 e. The van der Waals surface area contributed by atoms with Crippen LogP contribution >= 0.6 is 0 Å². The molecular formula is C9H14N2O. The van der Waals surface area contributed by atoms with E-state index in [-0.39, 0.29) is 0 Å². The summed E-state index contributed by atoms with van der Waals surface area (Å²) in [5.41, 5.74) is 1.59. The lowest BCUT2D eigenvalue weighted by Crippen LogP contribution is -1.99. The second-order valence-corrected chi connectivity index (χ2v) is 3.26. The zero-order chi connectivity index (χ0) is 9.30. The SMILES string of the molecule is Cc1nc(C(C)C)c(C=O)n1C. The number of aryl methyl sites for hydroxylation is 1. The van der Waals surface area contributed by atoms with Crippen LogP contribution in [0.3, 0.4) is 0 Å². The molecule has 1 heterocycles. The van der Waals surface area contributed by atoms with Crippen molar-refractivity contribution in [1.82, 2.24) is 9.55 Å². The highest BCUT2D eigenvalue weighted by Gasteiger charge is 2.13. The first-order chi connectivity index (χ1) is 5.57. The first-order valence-corrected chi connectivity index (χ1v) is 4.06. The number of hydrogen-bond acceptors (Lipinski definition) is 2. The number of imidazole rings is 1. The van der Waals surface area contributed by atoms with Gasteiger partial charge < -0.3 is 4.57 Å². The van der Waals surface area contributed by atoms with Gasteiger partial charge in [0.05, 0.1) is 5.69 Å². The van der Waals surface area contributed by atoms with Crippen LogP contribution in [0.15, 0.2) is 0 Å². The Morgan fingerprint density at radius 3 is 2.42 bits per heavy atom. The molecule has 0 N–H and O–H groups in total. The first-order valence-electron chi connectivity index (χ1n) is 4.06. The van der Waals surface area contributed by atoms with E-state index >= 15 is 0 Å². The van der Waals surface area contributed by atoms with Gasteiger partial charge in [-0.05, 0) is 12.8 Å². The number of carbonyl (C=O) groups is 1. The highest BCUT2D eigenvalue weighted by molar-refractivity contribution is 5.74. The highest BCUT2D eigenvalue weighted by Crippen LogP contribution is 2.17. The Bertz CT molecular complexity index is 300. The number of hydrogen-bond donors (Lipinski definition) is 0. The van der Waals surface area contributed by atoms with Crippen molar-refractivity contribution in [3.8, 4) is 0 Å². The maximum atomic E-state index is 10.7. The lowest BCUT2D eigenvalue weighted by atomic mass is 10.1. The van der Waals surface area contributed by atoms with Gasteiger partial charge in [0.1, 0.15) is 11.5 Å². The summed E-state index contributed by atoms with van der Waals surface area (Å²) >= 11 is 0. The van der Waals surface area contributed by atoms with Gasteiger partial charge in [0, 0.05) is 7.05 Å². The molecule has 0 atom stereocenters. The van der Waals surface area contributed by atoms with E-state index < -0.39 is 0 Å². The fourth-order valence-corrected chi connectivity index (χ4v) is 1.22. The van der Waals surface area contributed by atoms with Crippen molar-refractivity contribution in [3.63, 3.8) is 0 Å². The fourth-order valence-electron chi connectivity index (χ4n) is 1.22. The monoisotopic (exact) mass is 166 g/mol. The van der Waals surface area contributed by atoms with Crippen molar-refractivity contribution in [3.05, 3.63) is 17.2 Å². The summed E-state index contributed by atoms with van der Waals surface area (Å²) in [6.07, 6.45) is 0.870. The largest absolute Gasteiger partial charge is 0.329 e. The van der Waals surface area contributed by atoms with Gasteiger partial charge in [0.25, 0.3) is 0 Å². The molecule has 3 heteroatoms. The van der Waals surface area contributed by atoms with E-state index in [9.17, 15) is 4.79 Å². The second-order valence-electron chi connectivity index (χ2n) is 3.26. The van der Waals surface area contributed by atoms with Crippen LogP contribution in [0.2, 0.25) is 0 Å². The van der Waals surface area contributed by atoms with Crippen molar-refractivity contribution in [2.45, 2.75) is 26.7 Å². The van der Waals surface area contributed by atoms with Gasteiger partial charge in [-0.25, -0.2) is 4.98 Å². The minimum absolute atomic E-state index is 0.310. The summed E-state index contributed by atoms with van der Waals surface area (Å²) in [5.74, 6) is 1.20. The summed E-state index contributed by atoms with van der Waals surface area (Å²) in [7, 11) is 1.86. The molecule has 0 spiro atoms. The van der Waals surface area contributed by atoms with Crippen molar-refractivity contribution in [2.75, 3.05) is 0 Å². The third-order valence-corrected chi connectivity index (χ3v) is 2.05. The van der Waals surface area contributed by atoms with Gasteiger partial charge >= 0.3 is 0 Å². The number of aromatic nitrogens is 2. The topological polar surface area (TPSA) is 34.9 Å². The number of carbonyl (C=O) groups excluding carboxylic acids is 1. The molecule has 0 aliphatic heterocycles. The van der Waals surface area contributed by atoms with Gasteiger partial charge in [-0.1, -0.05) is 13.8 Å². The molecule has 0 saturated heterocycles. The third kappa shape index (κ3) is 1.26. The highest BCUT2D eigenvalue weighted by atomic mass is 16.1. The van der Waals surface area contributed by atoms with Crippen molar-refractivity contribution >= 4 is 6.29 Å². The van der Waals surface area contributed by atoms with E-state index in [0.717, 1.165) is 17.8 Å². The Hall–Kier alpha value is -1.12. The Morgan fingerprint density at radius 2 is 2.08 bits per heavy atom. The van der Waals surface area contributed by atoms with Gasteiger partial charge in [-0.2, -0.15) is 0 Å². The molecule has 1 aromatic rings. The lowest BCUT2D eigenvalue weighted by molar-refractivity contribution is 0.111. The third-order valence-electron chi connectivity index (χ3n) is 2.05. The van der Waals surface area contributed by atoms with Crippen molar-refractivity contribution < 1.29 is 4.79 Å². The van der Waals surface area contributed by atoms with Crippen LogP contribution in [-0.2, 0) is 7.05 Å². The average Bonchev–Trinajstić information content (AvgIpc) is 2.29. The van der Waals surface area contributed by atoms with E-state index in [1.807, 2.05) is 32.4 Å². The van der Waals surface area contributed by atoms with E-state index in [4.69, 9.17) is 0 Å². The van der Waals surface area contributed by atoms with Crippen LogP contribution in [0.25, 0.3) is 0 Å². The van der Waals surface area contributed by atoms with Crippen LogP contribution in [0.4, 0.5) is 0 Å². The maximum Gasteiger partial charge on any atom is 0.168 e. The molecule has 0 amide bonds. The van der Waals surface area contributed by atoms with Gasteiger partial charge in [-0.3, -0.25) is 4.79 Å². The quantitative estimate of drug-likeness (QED) is 0.626. The molecule has 12 heavy (non-hydrogen) atoms. The zero-order valence-electron chi connectivity index (χ0n) is 7.96. The van der Waals surface area contributed by atoms with E-state index in [0.29, 0.717) is 11.6 Å². The Labute approximate surface area is 72.4 Å². The molecule has 0 bridgehead atoms. The lowest BCUT2D eigenvalue weighted by Gasteiger charge is -2.00. The minimum atomic E-state index is 0.310. The molecule has 0 unspecified atom stereocenters. The van der Waals surface area contributed by atoms with Crippen LogP contribution in [0.1, 0.15) is 41.8 Å². The van der Waals surface area contributed by atoms with Gasteiger partial charge in [0.2, 0.25) is 0 Å². The molecule has 0 aliphatic carbocycles. The fraction of sp³-hybridized carbons (Fsp3) is 0.556. The molecule has 1 rings (SSSR count). The molecule has 0 saturated carbocycles. The predicted octanol–water partition coefficient (Wildman–Crippen LogP) is 1.66. The maximum absolute atomic E-state index is 10.7. The summed E-state index contributed by atoms with van der Waals surface area (Å²) in [6.45, 7) is 5.97. The summed E-state index contributed by atoms with van der Waals surface area (Å²) in [4.78, 5) is 15.0. The summed E-state index contributed by atoms with van der Waals surface area (Å²) in [6, 6.07) is 0. The molecule has 66 valence electrons. The summed E-state index contributed by atoms with van der Waals surface area (Å²) < 4.78 is 1.82. The van der Waals surface area contributed by atoms with E-state index in [1.54, 1.807) is 0 Å². The predicted molar refractivity (Wildman–Crippen MR) is 47.4 cm³/mol. The second kappa shape index (κ2) is 3.09. The van der Waals surface area contributed by atoms with Crippen molar-refractivity contribution in [2.24, 2.45) is 7.05 Å². The number of nitrogens with zero attached hydrogens (tertiary/aromatic N) is 2. The molecule has 1 aromatic heterocycles. The zero-order valence-corrected chi connectivity index (χ0v) is 7.96. The first kappa shape index (κ1) is 8.97. The minimum Gasteiger partial charge on any atom is -0.329 e. The molecule has 0 radical (unpaired) electrons.